The molecule has 2 aromatic carbocycles. The van der Waals surface area contributed by atoms with Crippen molar-refractivity contribution < 1.29 is 23.1 Å². The Hall–Kier alpha value is -2.05. The second-order valence-corrected chi connectivity index (χ2v) is 7.99. The van der Waals surface area contributed by atoms with Crippen LogP contribution in [0.2, 0.25) is 5.02 Å². The lowest BCUT2D eigenvalue weighted by Crippen LogP contribution is -2.47. The second kappa shape index (κ2) is 8.36. The van der Waals surface area contributed by atoms with Gasteiger partial charge in [-0.1, -0.05) is 41.8 Å². The third-order valence-electron chi connectivity index (χ3n) is 5.51. The number of alkyl halides is 3. The number of carboxylic acid groups (broad SMARTS) is 1. The molecule has 0 spiro atoms. The Morgan fingerprint density at radius 1 is 1.14 bits per heavy atom. The van der Waals surface area contributed by atoms with Crippen molar-refractivity contribution in [2.75, 3.05) is 6.54 Å². The molecule has 2 unspecified atom stereocenters. The summed E-state index contributed by atoms with van der Waals surface area (Å²) in [5.41, 5.74) is 2.09. The molecule has 1 aliphatic rings. The van der Waals surface area contributed by atoms with E-state index in [1.54, 1.807) is 4.90 Å². The number of aryl methyl sites for hydroxylation is 2. The Morgan fingerprint density at radius 3 is 2.52 bits per heavy atom. The minimum Gasteiger partial charge on any atom is -0.480 e. The van der Waals surface area contributed by atoms with E-state index in [-0.39, 0.29) is 10.6 Å². The highest BCUT2D eigenvalue weighted by Crippen LogP contribution is 2.41. The number of carbonyl (C=O) groups is 1. The van der Waals surface area contributed by atoms with Crippen LogP contribution < -0.4 is 0 Å². The number of piperidine rings is 1. The minimum atomic E-state index is -4.51. The van der Waals surface area contributed by atoms with Crippen molar-refractivity contribution in [3.05, 3.63) is 69.2 Å². The molecule has 0 amide bonds. The molecule has 2 atom stereocenters. The number of hydrogen-bond donors (Lipinski definition) is 1. The number of hydrogen-bond acceptors (Lipinski definition) is 2. The summed E-state index contributed by atoms with van der Waals surface area (Å²) in [5.74, 6) is -0.969. The molecule has 1 saturated heterocycles. The van der Waals surface area contributed by atoms with Gasteiger partial charge in [-0.05, 0) is 68.1 Å². The van der Waals surface area contributed by atoms with E-state index in [9.17, 15) is 23.1 Å². The molecule has 0 bridgehead atoms. The summed E-state index contributed by atoms with van der Waals surface area (Å²) in [4.78, 5) is 13.7. The molecule has 0 aromatic heterocycles. The number of benzene rings is 2. The topological polar surface area (TPSA) is 40.5 Å². The third-order valence-corrected chi connectivity index (χ3v) is 5.85. The standard InChI is InChI=1S/C22H23ClF3NO2/c1-13-6-7-14(2)16(11-13)20(27-10-4-3-5-19(27)21(28)29)17-12-15(22(24,25)26)8-9-18(17)23/h6-9,11-12,19-20H,3-5,10H2,1-2H3,(H,28,29). The van der Waals surface area contributed by atoms with Gasteiger partial charge in [-0.3, -0.25) is 9.69 Å². The number of aliphatic carboxylic acids is 1. The van der Waals surface area contributed by atoms with Gasteiger partial charge >= 0.3 is 12.1 Å². The van der Waals surface area contributed by atoms with Crippen LogP contribution in [0, 0.1) is 13.8 Å². The van der Waals surface area contributed by atoms with Crippen LogP contribution in [0.1, 0.15) is 53.1 Å². The molecule has 7 heteroatoms. The Kier molecular flexibility index (Phi) is 6.24. The van der Waals surface area contributed by atoms with E-state index < -0.39 is 29.8 Å². The monoisotopic (exact) mass is 425 g/mol. The van der Waals surface area contributed by atoms with Gasteiger partial charge in [0.15, 0.2) is 0 Å². The average Bonchev–Trinajstić information content (AvgIpc) is 2.65. The summed E-state index contributed by atoms with van der Waals surface area (Å²) < 4.78 is 40.2. The predicted octanol–water partition coefficient (Wildman–Crippen LogP) is 6.00. The van der Waals surface area contributed by atoms with Gasteiger partial charge in [-0.25, -0.2) is 0 Å². The summed E-state index contributed by atoms with van der Waals surface area (Å²) in [6.45, 7) is 4.25. The predicted molar refractivity (Wildman–Crippen MR) is 106 cm³/mol. The lowest BCUT2D eigenvalue weighted by molar-refractivity contribution is -0.145. The van der Waals surface area contributed by atoms with Crippen molar-refractivity contribution in [1.29, 1.82) is 0 Å². The summed E-state index contributed by atoms with van der Waals surface area (Å²) in [5, 5.41) is 9.97. The summed E-state index contributed by atoms with van der Waals surface area (Å²) >= 11 is 6.39. The summed E-state index contributed by atoms with van der Waals surface area (Å²) in [6.07, 6.45) is -2.52. The fourth-order valence-electron chi connectivity index (χ4n) is 4.04. The Morgan fingerprint density at radius 2 is 1.86 bits per heavy atom. The van der Waals surface area contributed by atoms with Crippen LogP contribution in [-0.2, 0) is 11.0 Å². The molecule has 1 heterocycles. The fraction of sp³-hybridized carbons (Fsp3) is 0.409. The molecule has 3 rings (SSSR count). The molecule has 1 N–H and O–H groups in total. The maximum absolute atomic E-state index is 13.4. The quantitative estimate of drug-likeness (QED) is 0.652. The average molecular weight is 426 g/mol. The Bertz CT molecular complexity index is 913. The highest BCUT2D eigenvalue weighted by atomic mass is 35.5. The number of carboxylic acids is 1. The molecule has 29 heavy (non-hydrogen) atoms. The van der Waals surface area contributed by atoms with Crippen LogP contribution in [0.15, 0.2) is 36.4 Å². The van der Waals surface area contributed by atoms with Gasteiger partial charge in [0.25, 0.3) is 0 Å². The number of nitrogens with zero attached hydrogens (tertiary/aromatic N) is 1. The molecule has 3 nitrogen and oxygen atoms in total. The first-order chi connectivity index (χ1) is 13.6. The first-order valence-electron chi connectivity index (χ1n) is 9.52. The van der Waals surface area contributed by atoms with Crippen LogP contribution in [0.25, 0.3) is 0 Å². The molecule has 0 aliphatic carbocycles. The van der Waals surface area contributed by atoms with Crippen LogP contribution in [0.3, 0.4) is 0 Å². The van der Waals surface area contributed by atoms with Gasteiger partial charge in [-0.2, -0.15) is 13.2 Å². The van der Waals surface area contributed by atoms with Gasteiger partial charge < -0.3 is 5.11 Å². The lowest BCUT2D eigenvalue weighted by atomic mass is 9.88. The largest absolute Gasteiger partial charge is 0.480 e. The van der Waals surface area contributed by atoms with E-state index in [0.29, 0.717) is 13.0 Å². The first kappa shape index (κ1) is 21.7. The highest BCUT2D eigenvalue weighted by molar-refractivity contribution is 6.31. The van der Waals surface area contributed by atoms with E-state index in [1.165, 1.54) is 6.07 Å². The van der Waals surface area contributed by atoms with Crippen LogP contribution in [0.5, 0.6) is 0 Å². The van der Waals surface area contributed by atoms with Crippen molar-refractivity contribution in [3.8, 4) is 0 Å². The number of halogens is 4. The molecule has 1 aliphatic heterocycles. The maximum atomic E-state index is 13.4. The van der Waals surface area contributed by atoms with Gasteiger partial charge in [0.2, 0.25) is 0 Å². The molecular formula is C22H23ClF3NO2. The van der Waals surface area contributed by atoms with Gasteiger partial charge in [0, 0.05) is 5.02 Å². The fourth-order valence-corrected chi connectivity index (χ4v) is 4.26. The number of likely N-dealkylation sites (tertiary alicyclic amines) is 1. The Balaban J connectivity index is 2.24. The van der Waals surface area contributed by atoms with Gasteiger partial charge in [0.05, 0.1) is 11.6 Å². The number of rotatable bonds is 4. The summed E-state index contributed by atoms with van der Waals surface area (Å²) in [7, 11) is 0. The smallest absolute Gasteiger partial charge is 0.416 e. The Labute approximate surface area is 173 Å². The van der Waals surface area contributed by atoms with Gasteiger partial charge in [-0.15, -0.1) is 0 Å². The van der Waals surface area contributed by atoms with Crippen molar-refractivity contribution in [2.24, 2.45) is 0 Å². The van der Waals surface area contributed by atoms with E-state index in [0.717, 1.165) is 41.7 Å². The van der Waals surface area contributed by atoms with E-state index in [1.807, 2.05) is 32.0 Å². The normalized spacial score (nSPS) is 19.2. The van der Waals surface area contributed by atoms with E-state index >= 15 is 0 Å². The minimum absolute atomic E-state index is 0.193. The zero-order valence-corrected chi connectivity index (χ0v) is 17.0. The van der Waals surface area contributed by atoms with Crippen LogP contribution in [0.4, 0.5) is 13.2 Å². The van der Waals surface area contributed by atoms with Crippen molar-refractivity contribution in [1.82, 2.24) is 4.90 Å². The molecule has 0 radical (unpaired) electrons. The zero-order valence-electron chi connectivity index (χ0n) is 16.3. The van der Waals surface area contributed by atoms with Crippen LogP contribution >= 0.6 is 11.6 Å². The molecule has 0 saturated carbocycles. The van der Waals surface area contributed by atoms with E-state index in [4.69, 9.17) is 11.6 Å². The molecular weight excluding hydrogens is 403 g/mol. The van der Waals surface area contributed by atoms with Crippen molar-refractivity contribution in [2.45, 2.75) is 51.4 Å². The summed E-state index contributed by atoms with van der Waals surface area (Å²) in [6, 6.07) is 7.54. The molecule has 1 fully saturated rings. The first-order valence-corrected chi connectivity index (χ1v) is 9.89. The molecule has 156 valence electrons. The van der Waals surface area contributed by atoms with Crippen LogP contribution in [-0.4, -0.2) is 28.6 Å². The highest BCUT2D eigenvalue weighted by Gasteiger charge is 2.38. The second-order valence-electron chi connectivity index (χ2n) is 7.58. The van der Waals surface area contributed by atoms with Crippen molar-refractivity contribution in [3.63, 3.8) is 0 Å². The molecule has 2 aromatic rings. The third kappa shape index (κ3) is 4.59. The lowest BCUT2D eigenvalue weighted by Gasteiger charge is -2.40. The van der Waals surface area contributed by atoms with Crippen molar-refractivity contribution >= 4 is 17.6 Å². The van der Waals surface area contributed by atoms with E-state index in [2.05, 4.69) is 0 Å². The van der Waals surface area contributed by atoms with Gasteiger partial charge in [0.1, 0.15) is 6.04 Å². The maximum Gasteiger partial charge on any atom is 0.416 e. The zero-order chi connectivity index (χ0) is 21.3. The SMILES string of the molecule is Cc1ccc(C)c(C(c2cc(C(F)(F)F)ccc2Cl)N2CCCCC2C(=O)O)c1.